The van der Waals surface area contributed by atoms with Crippen molar-refractivity contribution in [1.29, 1.82) is 0 Å². The number of nitrogens with two attached hydrogens (primary N) is 2. The van der Waals surface area contributed by atoms with Gasteiger partial charge in [0.05, 0.1) is 0 Å². The number of hydrogen-bond donors (Lipinski definition) is 2. The first kappa shape index (κ1) is 9.83. The van der Waals surface area contributed by atoms with E-state index in [1.165, 1.54) is 0 Å². The number of hydrazone groups is 1. The number of carbonyl (C=O) groups is 1. The molecule has 1 aliphatic heterocycles. The summed E-state index contributed by atoms with van der Waals surface area (Å²) in [5.41, 5.74) is 5.59. The second-order valence-corrected chi connectivity index (χ2v) is 3.33. The predicted molar refractivity (Wildman–Crippen MR) is 50.8 cm³/mol. The Morgan fingerprint density at radius 2 is 2.00 bits per heavy atom. The summed E-state index contributed by atoms with van der Waals surface area (Å²) in [6.45, 7) is 3.10. The van der Waals surface area contributed by atoms with Gasteiger partial charge < -0.3 is 16.5 Å². The summed E-state index contributed by atoms with van der Waals surface area (Å²) in [6.07, 6.45) is 1.73. The van der Waals surface area contributed by atoms with Gasteiger partial charge in [0.1, 0.15) is 5.84 Å². The summed E-state index contributed by atoms with van der Waals surface area (Å²) < 4.78 is 0. The molecule has 0 atom stereocenters. The molecule has 1 fully saturated rings. The fourth-order valence-corrected chi connectivity index (χ4v) is 1.60. The van der Waals surface area contributed by atoms with Crippen molar-refractivity contribution in [2.75, 3.05) is 13.1 Å². The zero-order chi connectivity index (χ0) is 9.84. The molecule has 1 rings (SSSR count). The van der Waals surface area contributed by atoms with Crippen LogP contribution < -0.4 is 11.6 Å². The topological polar surface area (TPSA) is 84.7 Å². The lowest BCUT2D eigenvalue weighted by molar-refractivity contribution is -0.129. The third kappa shape index (κ3) is 2.34. The second-order valence-electron chi connectivity index (χ2n) is 3.33. The molecule has 1 aliphatic rings. The van der Waals surface area contributed by atoms with Crippen LogP contribution >= 0.6 is 0 Å². The third-order valence-corrected chi connectivity index (χ3v) is 2.51. The van der Waals surface area contributed by atoms with E-state index in [1.54, 1.807) is 6.92 Å². The molecular weight excluding hydrogens is 168 g/mol. The number of amides is 1. The molecule has 0 aromatic carbocycles. The van der Waals surface area contributed by atoms with E-state index in [0.717, 1.165) is 25.9 Å². The molecule has 0 radical (unpaired) electrons. The maximum absolute atomic E-state index is 11.0. The number of piperidine rings is 1. The van der Waals surface area contributed by atoms with Crippen LogP contribution in [0.3, 0.4) is 0 Å². The fraction of sp³-hybridized carbons (Fsp3) is 0.750. The number of hydrogen-bond acceptors (Lipinski definition) is 3. The van der Waals surface area contributed by atoms with Gasteiger partial charge in [-0.3, -0.25) is 4.79 Å². The average molecular weight is 184 g/mol. The summed E-state index contributed by atoms with van der Waals surface area (Å²) in [6, 6.07) is 0. The first-order valence-corrected chi connectivity index (χ1v) is 4.44. The van der Waals surface area contributed by atoms with Crippen molar-refractivity contribution in [3.63, 3.8) is 0 Å². The molecule has 0 bridgehead atoms. The molecule has 0 saturated carbocycles. The second kappa shape index (κ2) is 4.11. The van der Waals surface area contributed by atoms with Gasteiger partial charge in [-0.15, -0.1) is 0 Å². The molecule has 0 aromatic rings. The van der Waals surface area contributed by atoms with Crippen LogP contribution in [0.4, 0.5) is 0 Å². The van der Waals surface area contributed by atoms with Crippen LogP contribution in [-0.2, 0) is 4.79 Å². The Labute approximate surface area is 77.8 Å². The Morgan fingerprint density at radius 3 is 2.38 bits per heavy atom. The zero-order valence-corrected chi connectivity index (χ0v) is 7.86. The smallest absolute Gasteiger partial charge is 0.219 e. The van der Waals surface area contributed by atoms with Gasteiger partial charge in [0.2, 0.25) is 5.91 Å². The molecule has 13 heavy (non-hydrogen) atoms. The first-order chi connectivity index (χ1) is 6.15. The minimum absolute atomic E-state index is 0.127. The van der Waals surface area contributed by atoms with Crippen molar-refractivity contribution < 1.29 is 4.79 Å². The van der Waals surface area contributed by atoms with E-state index >= 15 is 0 Å². The van der Waals surface area contributed by atoms with Crippen molar-refractivity contribution in [1.82, 2.24) is 4.90 Å². The van der Waals surface area contributed by atoms with Gasteiger partial charge in [-0.25, -0.2) is 0 Å². The van der Waals surface area contributed by atoms with Crippen molar-refractivity contribution >= 4 is 11.7 Å². The molecule has 4 N–H and O–H groups in total. The summed E-state index contributed by atoms with van der Waals surface area (Å²) in [4.78, 5) is 12.8. The maximum atomic E-state index is 11.0. The van der Waals surface area contributed by atoms with E-state index in [4.69, 9.17) is 11.6 Å². The third-order valence-electron chi connectivity index (χ3n) is 2.51. The number of amidine groups is 1. The Morgan fingerprint density at radius 1 is 1.46 bits per heavy atom. The molecule has 5 nitrogen and oxygen atoms in total. The number of carbonyl (C=O) groups excluding carboxylic acids is 1. The molecule has 0 aliphatic carbocycles. The van der Waals surface area contributed by atoms with E-state index in [-0.39, 0.29) is 11.8 Å². The minimum atomic E-state index is 0.127. The molecule has 1 amide bonds. The van der Waals surface area contributed by atoms with E-state index in [2.05, 4.69) is 5.10 Å². The lowest BCUT2D eigenvalue weighted by atomic mass is 9.96. The summed E-state index contributed by atoms with van der Waals surface area (Å²) in [7, 11) is 0. The molecule has 0 aromatic heterocycles. The van der Waals surface area contributed by atoms with Crippen molar-refractivity contribution in [2.24, 2.45) is 22.6 Å². The summed E-state index contributed by atoms with van der Waals surface area (Å²) in [5, 5.41) is 3.47. The molecule has 1 heterocycles. The zero-order valence-electron chi connectivity index (χ0n) is 7.86. The molecule has 5 heteroatoms. The highest BCUT2D eigenvalue weighted by atomic mass is 16.2. The van der Waals surface area contributed by atoms with Gasteiger partial charge in [-0.1, -0.05) is 0 Å². The lowest BCUT2D eigenvalue weighted by Gasteiger charge is -2.30. The molecule has 74 valence electrons. The van der Waals surface area contributed by atoms with Gasteiger partial charge in [-0.05, 0) is 12.8 Å². The number of nitrogens with zero attached hydrogens (tertiary/aromatic N) is 2. The Kier molecular flexibility index (Phi) is 3.11. The SMILES string of the molecule is CC(=O)N1CCC(/C(N)=N/N)CC1. The van der Waals surface area contributed by atoms with Crippen LogP contribution in [0.5, 0.6) is 0 Å². The van der Waals surface area contributed by atoms with Gasteiger partial charge in [0, 0.05) is 25.9 Å². The largest absolute Gasteiger partial charge is 0.385 e. The highest BCUT2D eigenvalue weighted by molar-refractivity contribution is 5.83. The van der Waals surface area contributed by atoms with Crippen LogP contribution in [0.25, 0.3) is 0 Å². The molecule has 0 spiro atoms. The monoisotopic (exact) mass is 184 g/mol. The van der Waals surface area contributed by atoms with Crippen LogP contribution in [0.15, 0.2) is 5.10 Å². The number of likely N-dealkylation sites (tertiary alicyclic amines) is 1. The van der Waals surface area contributed by atoms with Crippen LogP contribution in [-0.4, -0.2) is 29.7 Å². The van der Waals surface area contributed by atoms with E-state index in [0.29, 0.717) is 5.84 Å². The predicted octanol–water partition coefficient (Wildman–Crippen LogP) is -0.524. The first-order valence-electron chi connectivity index (χ1n) is 4.44. The standard InChI is InChI=1S/C8H16N4O/c1-6(13)12-4-2-7(3-5-12)8(9)11-10/h7H,2-5,10H2,1H3,(H2,9,11). The minimum Gasteiger partial charge on any atom is -0.385 e. The molecular formula is C8H16N4O. The van der Waals surface area contributed by atoms with E-state index in [1.807, 2.05) is 4.90 Å². The molecule has 1 saturated heterocycles. The highest BCUT2D eigenvalue weighted by Gasteiger charge is 2.22. The van der Waals surface area contributed by atoms with Crippen LogP contribution in [0.2, 0.25) is 0 Å². The normalized spacial score (nSPS) is 20.4. The van der Waals surface area contributed by atoms with Gasteiger partial charge in [0.15, 0.2) is 0 Å². The van der Waals surface area contributed by atoms with Crippen molar-refractivity contribution in [3.8, 4) is 0 Å². The van der Waals surface area contributed by atoms with E-state index < -0.39 is 0 Å². The number of rotatable bonds is 1. The van der Waals surface area contributed by atoms with Crippen molar-refractivity contribution in [2.45, 2.75) is 19.8 Å². The Bertz CT molecular complexity index is 218. The summed E-state index contributed by atoms with van der Waals surface area (Å²) >= 11 is 0. The van der Waals surface area contributed by atoms with Gasteiger partial charge in [0.25, 0.3) is 0 Å². The van der Waals surface area contributed by atoms with E-state index in [9.17, 15) is 4.79 Å². The highest BCUT2D eigenvalue weighted by Crippen LogP contribution is 2.16. The molecule has 0 unspecified atom stereocenters. The Balaban J connectivity index is 2.43. The Hall–Kier alpha value is -1.26. The van der Waals surface area contributed by atoms with Crippen molar-refractivity contribution in [3.05, 3.63) is 0 Å². The van der Waals surface area contributed by atoms with Crippen LogP contribution in [0.1, 0.15) is 19.8 Å². The summed E-state index contributed by atoms with van der Waals surface area (Å²) in [5.74, 6) is 5.96. The lowest BCUT2D eigenvalue weighted by Crippen LogP contribution is -2.41. The quantitative estimate of drug-likeness (QED) is 0.249. The van der Waals surface area contributed by atoms with Gasteiger partial charge >= 0.3 is 0 Å². The average Bonchev–Trinajstić information content (AvgIpc) is 2.17. The fourth-order valence-electron chi connectivity index (χ4n) is 1.60. The van der Waals surface area contributed by atoms with Gasteiger partial charge in [-0.2, -0.15) is 5.10 Å². The maximum Gasteiger partial charge on any atom is 0.219 e. The van der Waals surface area contributed by atoms with Crippen LogP contribution in [0, 0.1) is 5.92 Å².